The highest BCUT2D eigenvalue weighted by Gasteiger charge is 2.22. The van der Waals surface area contributed by atoms with Crippen LogP contribution in [-0.2, 0) is 0 Å². The van der Waals surface area contributed by atoms with Crippen LogP contribution in [0, 0.1) is 0 Å². The Labute approximate surface area is 109 Å². The van der Waals surface area contributed by atoms with Gasteiger partial charge in [0.2, 0.25) is 0 Å². The van der Waals surface area contributed by atoms with Gasteiger partial charge in [0.1, 0.15) is 0 Å². The van der Waals surface area contributed by atoms with Gasteiger partial charge in [-0.15, -0.1) is 0 Å². The number of carbonyl (C=O) groups is 1. The lowest BCUT2D eigenvalue weighted by Gasteiger charge is -2.27. The van der Waals surface area contributed by atoms with Crippen molar-refractivity contribution in [2.75, 3.05) is 7.11 Å². The molecule has 0 bridgehead atoms. The van der Waals surface area contributed by atoms with E-state index in [9.17, 15) is 4.79 Å². The maximum absolute atomic E-state index is 11.5. The van der Waals surface area contributed by atoms with Crippen LogP contribution in [0.3, 0.4) is 0 Å². The molecular weight excluding hydrogens is 284 g/mol. The fourth-order valence-electron chi connectivity index (χ4n) is 1.72. The molecule has 0 heterocycles. The quantitative estimate of drug-likeness (QED) is 0.797. The molecule has 0 aromatic heterocycles. The Morgan fingerprint density at radius 2 is 2.06 bits per heavy atom. The second kappa shape index (κ2) is 5.08. The van der Waals surface area contributed by atoms with Crippen molar-refractivity contribution in [3.63, 3.8) is 0 Å². The fourth-order valence-corrected chi connectivity index (χ4v) is 2.33. The van der Waals surface area contributed by atoms with Crippen LogP contribution in [0.1, 0.15) is 36.5 Å². The van der Waals surface area contributed by atoms with Crippen LogP contribution < -0.4 is 9.47 Å². The average molecular weight is 299 g/mol. The van der Waals surface area contributed by atoms with Crippen LogP contribution in [0.25, 0.3) is 0 Å². The van der Waals surface area contributed by atoms with Gasteiger partial charge in [-0.3, -0.25) is 4.79 Å². The molecule has 0 atom stereocenters. The van der Waals surface area contributed by atoms with Gasteiger partial charge in [-0.2, -0.15) is 0 Å². The van der Waals surface area contributed by atoms with E-state index in [1.807, 2.05) is 0 Å². The molecule has 0 unspecified atom stereocenters. The van der Waals surface area contributed by atoms with E-state index in [0.717, 1.165) is 17.3 Å². The van der Waals surface area contributed by atoms with Gasteiger partial charge >= 0.3 is 0 Å². The summed E-state index contributed by atoms with van der Waals surface area (Å²) in [5.41, 5.74) is 0.625. The molecule has 0 saturated heterocycles. The average Bonchev–Trinajstić information content (AvgIpc) is 2.23. The molecule has 1 aromatic carbocycles. The van der Waals surface area contributed by atoms with Crippen molar-refractivity contribution in [3.05, 3.63) is 22.2 Å². The minimum Gasteiger partial charge on any atom is -0.493 e. The van der Waals surface area contributed by atoms with Crippen molar-refractivity contribution >= 4 is 21.7 Å². The van der Waals surface area contributed by atoms with Gasteiger partial charge in [0.25, 0.3) is 0 Å². The van der Waals surface area contributed by atoms with E-state index in [2.05, 4.69) is 15.9 Å². The van der Waals surface area contributed by atoms with E-state index in [-0.39, 0.29) is 11.9 Å². The van der Waals surface area contributed by atoms with E-state index < -0.39 is 0 Å². The highest BCUT2D eigenvalue weighted by atomic mass is 79.9. The maximum atomic E-state index is 11.5. The molecule has 4 heteroatoms. The van der Waals surface area contributed by atoms with Crippen LogP contribution in [-0.4, -0.2) is 19.0 Å². The number of hydrogen-bond donors (Lipinski definition) is 0. The Hall–Kier alpha value is -1.03. The van der Waals surface area contributed by atoms with Crippen LogP contribution in [0.15, 0.2) is 16.6 Å². The first kappa shape index (κ1) is 12.4. The van der Waals surface area contributed by atoms with Crippen molar-refractivity contribution in [2.45, 2.75) is 32.3 Å². The maximum Gasteiger partial charge on any atom is 0.162 e. The predicted octanol–water partition coefficient (Wildman–Crippen LogP) is 3.59. The van der Waals surface area contributed by atoms with E-state index in [4.69, 9.17) is 9.47 Å². The van der Waals surface area contributed by atoms with Crippen LogP contribution in [0.2, 0.25) is 0 Å². The summed E-state index contributed by atoms with van der Waals surface area (Å²) in [6, 6.07) is 3.54. The topological polar surface area (TPSA) is 35.5 Å². The number of methoxy groups -OCH3 is 1. The number of ether oxygens (including phenoxy) is 2. The van der Waals surface area contributed by atoms with Gasteiger partial charge in [-0.05, 0) is 54.2 Å². The zero-order valence-corrected chi connectivity index (χ0v) is 11.5. The first-order valence-corrected chi connectivity index (χ1v) is 6.46. The summed E-state index contributed by atoms with van der Waals surface area (Å²) in [6.07, 6.45) is 3.64. The Bertz CT molecular complexity index is 439. The van der Waals surface area contributed by atoms with Gasteiger partial charge in [0.05, 0.1) is 13.2 Å². The number of hydrogen-bond acceptors (Lipinski definition) is 3. The summed E-state index contributed by atoms with van der Waals surface area (Å²) < 4.78 is 11.8. The molecule has 1 fully saturated rings. The third-order valence-corrected chi connectivity index (χ3v) is 3.63. The van der Waals surface area contributed by atoms with Crippen LogP contribution >= 0.6 is 15.9 Å². The summed E-state index contributed by atoms with van der Waals surface area (Å²) in [7, 11) is 1.60. The van der Waals surface area contributed by atoms with E-state index in [0.29, 0.717) is 17.1 Å². The molecule has 92 valence electrons. The standard InChI is InChI=1S/C13H15BrO3/c1-8(15)10-6-13(17-9-4-3-5-9)12(16-2)7-11(10)14/h6-7,9H,3-5H2,1-2H3. The SMILES string of the molecule is COc1cc(Br)c(C(C)=O)cc1OC1CCC1. The van der Waals surface area contributed by atoms with Gasteiger partial charge in [-0.1, -0.05) is 0 Å². The summed E-state index contributed by atoms with van der Waals surface area (Å²) in [4.78, 5) is 11.5. The second-order valence-corrected chi connectivity index (χ2v) is 5.06. The van der Waals surface area contributed by atoms with Gasteiger partial charge in [0.15, 0.2) is 17.3 Å². The molecule has 0 amide bonds. The summed E-state index contributed by atoms with van der Waals surface area (Å²) in [6.45, 7) is 1.54. The van der Waals surface area contributed by atoms with Crippen molar-refractivity contribution < 1.29 is 14.3 Å². The van der Waals surface area contributed by atoms with Crippen LogP contribution in [0.4, 0.5) is 0 Å². The highest BCUT2D eigenvalue weighted by Crippen LogP contribution is 2.36. The number of halogens is 1. The molecule has 3 nitrogen and oxygen atoms in total. The Kier molecular flexibility index (Phi) is 3.72. The molecule has 0 radical (unpaired) electrons. The summed E-state index contributed by atoms with van der Waals surface area (Å²) >= 11 is 3.36. The number of carbonyl (C=O) groups excluding carboxylic acids is 1. The van der Waals surface area contributed by atoms with Crippen LogP contribution in [0.5, 0.6) is 11.5 Å². The summed E-state index contributed by atoms with van der Waals surface area (Å²) in [5, 5.41) is 0. The van der Waals surface area contributed by atoms with Gasteiger partial charge in [0, 0.05) is 10.0 Å². The minimum atomic E-state index is 0.0120. The lowest BCUT2D eigenvalue weighted by molar-refractivity contribution is 0.101. The number of ketones is 1. The molecule has 0 aliphatic heterocycles. The van der Waals surface area contributed by atoms with Crippen molar-refractivity contribution in [2.24, 2.45) is 0 Å². The molecule has 1 aliphatic rings. The zero-order chi connectivity index (χ0) is 12.4. The van der Waals surface area contributed by atoms with E-state index in [1.54, 1.807) is 26.2 Å². The smallest absolute Gasteiger partial charge is 0.162 e. The van der Waals surface area contributed by atoms with Crippen molar-refractivity contribution in [3.8, 4) is 11.5 Å². The second-order valence-electron chi connectivity index (χ2n) is 4.21. The van der Waals surface area contributed by atoms with E-state index in [1.165, 1.54) is 6.42 Å². The molecule has 2 rings (SSSR count). The number of rotatable bonds is 4. The first-order valence-electron chi connectivity index (χ1n) is 5.67. The largest absolute Gasteiger partial charge is 0.493 e. The molecular formula is C13H15BrO3. The molecule has 1 aromatic rings. The van der Waals surface area contributed by atoms with Gasteiger partial charge in [-0.25, -0.2) is 0 Å². The molecule has 17 heavy (non-hydrogen) atoms. The first-order chi connectivity index (χ1) is 8.11. The minimum absolute atomic E-state index is 0.0120. The lowest BCUT2D eigenvalue weighted by atomic mass is 9.96. The normalized spacial score (nSPS) is 15.2. The Morgan fingerprint density at radius 3 is 2.53 bits per heavy atom. The van der Waals surface area contributed by atoms with E-state index >= 15 is 0 Å². The lowest BCUT2D eigenvalue weighted by Crippen LogP contribution is -2.24. The summed E-state index contributed by atoms with van der Waals surface area (Å²) in [5.74, 6) is 1.33. The number of benzene rings is 1. The molecule has 1 aliphatic carbocycles. The Balaban J connectivity index is 2.32. The van der Waals surface area contributed by atoms with Gasteiger partial charge < -0.3 is 9.47 Å². The van der Waals surface area contributed by atoms with Crippen molar-refractivity contribution in [1.29, 1.82) is 0 Å². The third-order valence-electron chi connectivity index (χ3n) is 2.98. The van der Waals surface area contributed by atoms with Crippen molar-refractivity contribution in [1.82, 2.24) is 0 Å². The predicted molar refractivity (Wildman–Crippen MR) is 69.0 cm³/mol. The molecule has 1 saturated carbocycles. The molecule has 0 spiro atoms. The Morgan fingerprint density at radius 1 is 1.35 bits per heavy atom. The monoisotopic (exact) mass is 298 g/mol. The fraction of sp³-hybridized carbons (Fsp3) is 0.462. The molecule has 0 N–H and O–H groups in total. The third kappa shape index (κ3) is 2.63. The highest BCUT2D eigenvalue weighted by molar-refractivity contribution is 9.10. The number of Topliss-reactive ketones (excluding diaryl/α,β-unsaturated/α-hetero) is 1. The zero-order valence-electron chi connectivity index (χ0n) is 9.96.